The van der Waals surface area contributed by atoms with Crippen LogP contribution in [-0.2, 0) is 15.6 Å². The van der Waals surface area contributed by atoms with E-state index in [4.69, 9.17) is 0 Å². The van der Waals surface area contributed by atoms with Gasteiger partial charge in [0, 0.05) is 9.79 Å². The molecule has 0 aromatic heterocycles. The van der Waals surface area contributed by atoms with E-state index in [9.17, 15) is 18.5 Å². The van der Waals surface area contributed by atoms with Gasteiger partial charge in [0.1, 0.15) is 11.4 Å². The third-order valence-corrected chi connectivity index (χ3v) is 4.30. The molecule has 0 aliphatic rings. The van der Waals surface area contributed by atoms with Crippen LogP contribution in [0.3, 0.4) is 0 Å². The molecule has 6 heteroatoms. The summed E-state index contributed by atoms with van der Waals surface area (Å²) in [6.45, 7) is 2.61. The van der Waals surface area contributed by atoms with Gasteiger partial charge < -0.3 is 10.4 Å². The molecular weight excluding hydrogens is 305 g/mol. The maximum absolute atomic E-state index is 14.0. The molecule has 2 aromatic carbocycles. The highest BCUT2D eigenvalue weighted by Crippen LogP contribution is 2.22. The van der Waals surface area contributed by atoms with Gasteiger partial charge in [0.25, 0.3) is 5.91 Å². The Balaban J connectivity index is 2.23. The van der Waals surface area contributed by atoms with Crippen molar-refractivity contribution in [1.29, 1.82) is 0 Å². The molecule has 0 fully saturated rings. The Labute approximate surface area is 130 Å². The van der Waals surface area contributed by atoms with Gasteiger partial charge in [0.05, 0.1) is 16.5 Å². The lowest BCUT2D eigenvalue weighted by molar-refractivity contribution is -0.130. The van der Waals surface area contributed by atoms with Crippen molar-refractivity contribution >= 4 is 22.4 Å². The summed E-state index contributed by atoms with van der Waals surface area (Å²) in [6, 6.07) is 12.6. The summed E-state index contributed by atoms with van der Waals surface area (Å²) in [4.78, 5) is 12.5. The molecular formula is C16H16FNO3S. The molecule has 0 saturated heterocycles. The summed E-state index contributed by atoms with van der Waals surface area (Å²) in [5.74, 6) is -1.43. The van der Waals surface area contributed by atoms with Crippen LogP contribution in [0.1, 0.15) is 13.8 Å². The van der Waals surface area contributed by atoms with Gasteiger partial charge in [-0.25, -0.2) is 8.60 Å². The van der Waals surface area contributed by atoms with E-state index in [2.05, 4.69) is 5.32 Å². The summed E-state index contributed by atoms with van der Waals surface area (Å²) >= 11 is 0. The summed E-state index contributed by atoms with van der Waals surface area (Å²) in [5, 5.41) is 11.8. The van der Waals surface area contributed by atoms with Crippen molar-refractivity contribution in [3.05, 3.63) is 54.3 Å². The largest absolute Gasteiger partial charge is 0.381 e. The van der Waals surface area contributed by atoms with Gasteiger partial charge >= 0.3 is 0 Å². The van der Waals surface area contributed by atoms with E-state index < -0.39 is 28.1 Å². The highest BCUT2D eigenvalue weighted by molar-refractivity contribution is 7.85. The minimum atomic E-state index is -1.61. The standard InChI is InChI=1S/C16H16FNO3S/c1-16(2,20)15(19)18-14-9-8-12(10-13(14)17)22(21)11-6-4-3-5-7-11/h3-10,20H,1-2H3,(H,18,19). The molecule has 0 aliphatic carbocycles. The smallest absolute Gasteiger partial charge is 0.255 e. The van der Waals surface area contributed by atoms with Crippen molar-refractivity contribution in [2.75, 3.05) is 5.32 Å². The highest BCUT2D eigenvalue weighted by Gasteiger charge is 2.24. The average Bonchev–Trinajstić information content (AvgIpc) is 2.48. The Morgan fingerprint density at radius 2 is 1.77 bits per heavy atom. The van der Waals surface area contributed by atoms with E-state index in [1.54, 1.807) is 30.3 Å². The molecule has 0 radical (unpaired) electrons. The minimum absolute atomic E-state index is 0.0686. The summed E-state index contributed by atoms with van der Waals surface area (Å²) < 4.78 is 26.4. The van der Waals surface area contributed by atoms with E-state index in [0.29, 0.717) is 9.79 Å². The molecule has 1 amide bonds. The molecule has 2 rings (SSSR count). The molecule has 2 N–H and O–H groups in total. The Bertz CT molecular complexity index is 711. The van der Waals surface area contributed by atoms with Crippen molar-refractivity contribution < 1.29 is 18.5 Å². The van der Waals surface area contributed by atoms with E-state index in [0.717, 1.165) is 6.07 Å². The first-order valence-corrected chi connectivity index (χ1v) is 7.74. The Kier molecular flexibility index (Phi) is 4.73. The van der Waals surface area contributed by atoms with Crippen LogP contribution in [0.15, 0.2) is 58.3 Å². The van der Waals surface area contributed by atoms with Gasteiger partial charge in [-0.15, -0.1) is 0 Å². The minimum Gasteiger partial charge on any atom is -0.381 e. The Hall–Kier alpha value is -2.05. The molecule has 1 unspecified atom stereocenters. The average molecular weight is 321 g/mol. The van der Waals surface area contributed by atoms with Crippen LogP contribution in [0.2, 0.25) is 0 Å². The molecule has 116 valence electrons. The van der Waals surface area contributed by atoms with Gasteiger partial charge in [0.2, 0.25) is 0 Å². The number of halogens is 1. The van der Waals surface area contributed by atoms with Crippen LogP contribution in [0.5, 0.6) is 0 Å². The zero-order valence-electron chi connectivity index (χ0n) is 12.2. The Morgan fingerprint density at radius 1 is 1.14 bits per heavy atom. The maximum Gasteiger partial charge on any atom is 0.255 e. The molecule has 0 spiro atoms. The van der Waals surface area contributed by atoms with Crippen LogP contribution < -0.4 is 5.32 Å². The van der Waals surface area contributed by atoms with E-state index in [1.807, 2.05) is 0 Å². The van der Waals surface area contributed by atoms with E-state index >= 15 is 0 Å². The van der Waals surface area contributed by atoms with Crippen molar-refractivity contribution in [1.82, 2.24) is 0 Å². The van der Waals surface area contributed by atoms with Gasteiger partial charge in [-0.2, -0.15) is 0 Å². The lowest BCUT2D eigenvalue weighted by Crippen LogP contribution is -2.36. The number of aliphatic hydroxyl groups is 1. The number of carbonyl (C=O) groups excluding carboxylic acids is 1. The van der Waals surface area contributed by atoms with E-state index in [-0.39, 0.29) is 5.69 Å². The molecule has 0 saturated carbocycles. The summed E-state index contributed by atoms with van der Waals surface area (Å²) in [6.07, 6.45) is 0. The zero-order chi connectivity index (χ0) is 16.3. The molecule has 0 aliphatic heterocycles. The molecule has 22 heavy (non-hydrogen) atoms. The number of hydrogen-bond donors (Lipinski definition) is 2. The van der Waals surface area contributed by atoms with Crippen molar-refractivity contribution in [2.24, 2.45) is 0 Å². The Morgan fingerprint density at radius 3 is 2.32 bits per heavy atom. The van der Waals surface area contributed by atoms with Gasteiger partial charge in [0.15, 0.2) is 0 Å². The number of amides is 1. The normalized spacial score (nSPS) is 12.7. The first-order chi connectivity index (χ1) is 10.3. The number of carbonyl (C=O) groups is 1. The quantitative estimate of drug-likeness (QED) is 0.910. The van der Waals surface area contributed by atoms with E-state index in [1.165, 1.54) is 26.0 Å². The topological polar surface area (TPSA) is 66.4 Å². The zero-order valence-corrected chi connectivity index (χ0v) is 13.0. The van der Waals surface area contributed by atoms with Crippen LogP contribution in [0.4, 0.5) is 10.1 Å². The second-order valence-corrected chi connectivity index (χ2v) is 6.72. The molecule has 0 bridgehead atoms. The predicted molar refractivity (Wildman–Crippen MR) is 82.4 cm³/mol. The number of hydrogen-bond acceptors (Lipinski definition) is 3. The molecule has 4 nitrogen and oxygen atoms in total. The fourth-order valence-electron chi connectivity index (χ4n) is 1.67. The van der Waals surface area contributed by atoms with Crippen LogP contribution in [-0.4, -0.2) is 20.8 Å². The second-order valence-electron chi connectivity index (χ2n) is 5.24. The van der Waals surface area contributed by atoms with Gasteiger partial charge in [-0.05, 0) is 44.2 Å². The fourth-order valence-corrected chi connectivity index (χ4v) is 2.75. The van der Waals surface area contributed by atoms with Crippen LogP contribution >= 0.6 is 0 Å². The molecule has 2 aromatic rings. The van der Waals surface area contributed by atoms with Crippen LogP contribution in [0, 0.1) is 5.82 Å². The van der Waals surface area contributed by atoms with Crippen molar-refractivity contribution in [3.8, 4) is 0 Å². The second kappa shape index (κ2) is 6.37. The fraction of sp³-hybridized carbons (Fsp3) is 0.188. The third-order valence-electron chi connectivity index (χ3n) is 2.92. The molecule has 0 heterocycles. The lowest BCUT2D eigenvalue weighted by Gasteiger charge is -2.17. The van der Waals surface area contributed by atoms with Crippen LogP contribution in [0.25, 0.3) is 0 Å². The number of nitrogens with one attached hydrogen (secondary N) is 1. The summed E-state index contributed by atoms with van der Waals surface area (Å²) in [5.41, 5.74) is -1.68. The maximum atomic E-state index is 14.0. The number of anilines is 1. The number of rotatable bonds is 4. The monoisotopic (exact) mass is 321 g/mol. The summed E-state index contributed by atoms with van der Waals surface area (Å²) in [7, 11) is -1.50. The SMILES string of the molecule is CC(C)(O)C(=O)Nc1ccc(S(=O)c2ccccc2)cc1F. The third kappa shape index (κ3) is 3.78. The van der Waals surface area contributed by atoms with Crippen molar-refractivity contribution in [2.45, 2.75) is 29.2 Å². The van der Waals surface area contributed by atoms with Gasteiger partial charge in [-0.1, -0.05) is 18.2 Å². The van der Waals surface area contributed by atoms with Crippen molar-refractivity contribution in [3.63, 3.8) is 0 Å². The predicted octanol–water partition coefficient (Wildman–Crippen LogP) is 2.70. The highest BCUT2D eigenvalue weighted by atomic mass is 32.2. The van der Waals surface area contributed by atoms with Gasteiger partial charge in [-0.3, -0.25) is 4.79 Å². The first kappa shape index (κ1) is 16.3. The first-order valence-electron chi connectivity index (χ1n) is 6.59. The lowest BCUT2D eigenvalue weighted by atomic mass is 10.1. The molecule has 1 atom stereocenters. The number of benzene rings is 2.